The molecule has 8 heteroatoms. The maximum Gasteiger partial charge on any atom is 0.293 e. The minimum Gasteiger partial charge on any atom is -0.377 e. The number of halogens is 1. The predicted molar refractivity (Wildman–Crippen MR) is 99.3 cm³/mol. The Morgan fingerprint density at radius 3 is 2.60 bits per heavy atom. The molecule has 0 aromatic heterocycles. The molecule has 1 heterocycles. The smallest absolute Gasteiger partial charge is 0.293 e. The first-order valence-corrected chi connectivity index (χ1v) is 8.38. The molecule has 1 aromatic rings. The molecule has 2 fully saturated rings. The summed E-state index contributed by atoms with van der Waals surface area (Å²) in [5, 5.41) is 14.5. The number of hydrogen-bond donors (Lipinski definition) is 2. The second-order valence-corrected chi connectivity index (χ2v) is 7.52. The van der Waals surface area contributed by atoms with Gasteiger partial charge in [-0.1, -0.05) is 13.8 Å². The highest BCUT2D eigenvalue weighted by Crippen LogP contribution is 2.33. The monoisotopic (exact) mass is 368 g/mol. The molecular formula is C17H25ClN4O3. The van der Waals surface area contributed by atoms with Gasteiger partial charge < -0.3 is 16.0 Å². The molecule has 1 unspecified atom stereocenters. The van der Waals surface area contributed by atoms with Crippen molar-refractivity contribution in [1.82, 2.24) is 4.90 Å². The van der Waals surface area contributed by atoms with E-state index in [2.05, 4.69) is 5.32 Å². The third-order valence-electron chi connectivity index (χ3n) is 4.98. The summed E-state index contributed by atoms with van der Waals surface area (Å²) >= 11 is 0. The van der Waals surface area contributed by atoms with E-state index in [0.29, 0.717) is 30.4 Å². The van der Waals surface area contributed by atoms with Gasteiger partial charge in [0.05, 0.1) is 4.92 Å². The van der Waals surface area contributed by atoms with Gasteiger partial charge in [-0.25, -0.2) is 0 Å². The number of likely N-dealkylation sites (tertiary alicyclic amines) is 1. The molecule has 138 valence electrons. The zero-order chi connectivity index (χ0) is 17.5. The topological polar surface area (TPSA) is 102 Å². The van der Waals surface area contributed by atoms with Crippen molar-refractivity contribution in [2.75, 3.05) is 18.4 Å². The molecule has 1 aromatic carbocycles. The Hall–Kier alpha value is -1.86. The normalized spacial score (nSPS) is 22.0. The second-order valence-electron chi connectivity index (χ2n) is 7.52. The Balaban J connectivity index is 0.00000225. The van der Waals surface area contributed by atoms with Crippen LogP contribution in [0.4, 0.5) is 11.4 Å². The van der Waals surface area contributed by atoms with Gasteiger partial charge in [0, 0.05) is 36.8 Å². The predicted octanol–water partition coefficient (Wildman–Crippen LogP) is 2.79. The van der Waals surface area contributed by atoms with Crippen molar-refractivity contribution in [2.24, 2.45) is 11.1 Å². The minimum atomic E-state index is -0.433. The molecule has 0 bridgehead atoms. The maximum absolute atomic E-state index is 12.8. The molecule has 0 radical (unpaired) electrons. The van der Waals surface area contributed by atoms with Crippen molar-refractivity contribution in [1.29, 1.82) is 0 Å². The van der Waals surface area contributed by atoms with Crippen LogP contribution in [-0.4, -0.2) is 40.9 Å². The lowest BCUT2D eigenvalue weighted by Gasteiger charge is -2.42. The van der Waals surface area contributed by atoms with Crippen LogP contribution in [0.5, 0.6) is 0 Å². The number of nitrogens with one attached hydrogen (secondary N) is 1. The van der Waals surface area contributed by atoms with Crippen molar-refractivity contribution in [3.63, 3.8) is 0 Å². The van der Waals surface area contributed by atoms with Crippen LogP contribution < -0.4 is 11.1 Å². The summed E-state index contributed by atoms with van der Waals surface area (Å²) in [4.78, 5) is 25.4. The highest BCUT2D eigenvalue weighted by Gasteiger charge is 2.36. The SMILES string of the molecule is CC1(C)CN(C(=O)c2ccc(NC3CC3)c([N+](=O)[O-])c2)CCC1N.Cl. The molecule has 25 heavy (non-hydrogen) atoms. The zero-order valence-electron chi connectivity index (χ0n) is 14.5. The van der Waals surface area contributed by atoms with Crippen molar-refractivity contribution in [3.05, 3.63) is 33.9 Å². The van der Waals surface area contributed by atoms with Gasteiger partial charge in [0.1, 0.15) is 5.69 Å². The Bertz CT molecular complexity index is 676. The van der Waals surface area contributed by atoms with Gasteiger partial charge >= 0.3 is 0 Å². The summed E-state index contributed by atoms with van der Waals surface area (Å²) in [5.74, 6) is -0.170. The average molecular weight is 369 g/mol. The van der Waals surface area contributed by atoms with Gasteiger partial charge in [0.25, 0.3) is 11.6 Å². The number of nitro benzene ring substituents is 1. The molecule has 3 rings (SSSR count). The van der Waals surface area contributed by atoms with Crippen molar-refractivity contribution >= 4 is 29.7 Å². The average Bonchev–Trinajstić information content (AvgIpc) is 3.33. The van der Waals surface area contributed by atoms with Crippen LogP contribution in [0.1, 0.15) is 43.5 Å². The van der Waals surface area contributed by atoms with Crippen molar-refractivity contribution in [3.8, 4) is 0 Å². The lowest BCUT2D eigenvalue weighted by Crippen LogP contribution is -2.54. The summed E-state index contributed by atoms with van der Waals surface area (Å²) in [5.41, 5.74) is 6.76. The molecule has 1 atom stereocenters. The molecule has 1 saturated heterocycles. The molecule has 0 spiro atoms. The molecule has 1 aliphatic heterocycles. The van der Waals surface area contributed by atoms with E-state index in [1.807, 2.05) is 13.8 Å². The first-order chi connectivity index (χ1) is 11.3. The number of nitrogens with zero attached hydrogens (tertiary/aromatic N) is 2. The zero-order valence-corrected chi connectivity index (χ0v) is 15.3. The van der Waals surface area contributed by atoms with E-state index in [1.165, 1.54) is 6.07 Å². The first-order valence-electron chi connectivity index (χ1n) is 8.38. The van der Waals surface area contributed by atoms with Crippen molar-refractivity contribution < 1.29 is 9.72 Å². The molecule has 3 N–H and O–H groups in total. The lowest BCUT2D eigenvalue weighted by molar-refractivity contribution is -0.384. The Labute approximate surface area is 153 Å². The lowest BCUT2D eigenvalue weighted by atomic mass is 9.79. The number of anilines is 1. The van der Waals surface area contributed by atoms with Crippen LogP contribution >= 0.6 is 12.4 Å². The third kappa shape index (κ3) is 4.22. The number of amides is 1. The standard InChI is InChI=1S/C17H24N4O3.ClH/c1-17(2)10-20(8-7-15(17)18)16(22)11-3-6-13(19-12-4-5-12)14(9-11)21(23)24;/h3,6,9,12,15,19H,4-5,7-8,10,18H2,1-2H3;1H. The van der Waals surface area contributed by atoms with Gasteiger partial charge in [-0.2, -0.15) is 0 Å². The van der Waals surface area contributed by atoms with E-state index < -0.39 is 4.92 Å². The van der Waals surface area contributed by atoms with Gasteiger partial charge in [-0.3, -0.25) is 14.9 Å². The Kier molecular flexibility index (Phi) is 5.58. The highest BCUT2D eigenvalue weighted by atomic mass is 35.5. The first kappa shape index (κ1) is 19.5. The number of piperidine rings is 1. The quantitative estimate of drug-likeness (QED) is 0.628. The molecule has 7 nitrogen and oxygen atoms in total. The molecule has 1 saturated carbocycles. The highest BCUT2D eigenvalue weighted by molar-refractivity contribution is 5.96. The van der Waals surface area contributed by atoms with E-state index in [0.717, 1.165) is 19.3 Å². The minimum absolute atomic E-state index is 0. The van der Waals surface area contributed by atoms with Crippen LogP contribution in [0.25, 0.3) is 0 Å². The fourth-order valence-electron chi connectivity index (χ4n) is 3.12. The van der Waals surface area contributed by atoms with E-state index in [-0.39, 0.29) is 35.5 Å². The van der Waals surface area contributed by atoms with Gasteiger partial charge in [-0.05, 0) is 36.8 Å². The largest absolute Gasteiger partial charge is 0.377 e. The number of benzene rings is 1. The number of carbonyl (C=O) groups excluding carboxylic acids is 1. The molecule has 1 aliphatic carbocycles. The number of carbonyl (C=O) groups is 1. The van der Waals surface area contributed by atoms with Gasteiger partial charge in [0.2, 0.25) is 0 Å². The summed E-state index contributed by atoms with van der Waals surface area (Å²) in [7, 11) is 0. The summed E-state index contributed by atoms with van der Waals surface area (Å²) < 4.78 is 0. The maximum atomic E-state index is 12.8. The summed E-state index contributed by atoms with van der Waals surface area (Å²) in [6.07, 6.45) is 2.80. The van der Waals surface area contributed by atoms with E-state index >= 15 is 0 Å². The van der Waals surface area contributed by atoms with Crippen LogP contribution in [0.3, 0.4) is 0 Å². The van der Waals surface area contributed by atoms with Crippen LogP contribution in [-0.2, 0) is 0 Å². The van der Waals surface area contributed by atoms with Crippen molar-refractivity contribution in [2.45, 2.75) is 45.2 Å². The fraction of sp³-hybridized carbons (Fsp3) is 0.588. The molecule has 2 aliphatic rings. The third-order valence-corrected chi connectivity index (χ3v) is 4.98. The number of nitro groups is 1. The van der Waals surface area contributed by atoms with E-state index in [1.54, 1.807) is 17.0 Å². The van der Waals surface area contributed by atoms with Crippen LogP contribution in [0, 0.1) is 15.5 Å². The summed E-state index contributed by atoms with van der Waals surface area (Å²) in [6, 6.07) is 5.07. The molecule has 1 amide bonds. The fourth-order valence-corrected chi connectivity index (χ4v) is 3.12. The van der Waals surface area contributed by atoms with E-state index in [9.17, 15) is 14.9 Å². The number of rotatable bonds is 4. The Morgan fingerprint density at radius 2 is 2.04 bits per heavy atom. The Morgan fingerprint density at radius 1 is 1.36 bits per heavy atom. The number of nitrogens with two attached hydrogens (primary N) is 1. The molecular weight excluding hydrogens is 344 g/mol. The van der Waals surface area contributed by atoms with Crippen LogP contribution in [0.15, 0.2) is 18.2 Å². The van der Waals surface area contributed by atoms with E-state index in [4.69, 9.17) is 5.73 Å². The number of hydrogen-bond acceptors (Lipinski definition) is 5. The van der Waals surface area contributed by atoms with Gasteiger partial charge in [-0.15, -0.1) is 12.4 Å². The van der Waals surface area contributed by atoms with Crippen LogP contribution in [0.2, 0.25) is 0 Å². The van der Waals surface area contributed by atoms with Gasteiger partial charge in [0.15, 0.2) is 0 Å². The summed E-state index contributed by atoms with van der Waals surface area (Å²) in [6.45, 7) is 5.23. The second kappa shape index (κ2) is 7.17.